The summed E-state index contributed by atoms with van der Waals surface area (Å²) in [6.45, 7) is -2.54. The minimum Gasteiger partial charge on any atom is -0.493 e. The maximum absolute atomic E-state index is 11.1. The molecule has 1 heterocycles. The van der Waals surface area contributed by atoms with E-state index in [1.807, 2.05) is 0 Å². The first-order valence-corrected chi connectivity index (χ1v) is 5.65. The Morgan fingerprint density at radius 3 is 3.00 bits per heavy atom. The van der Waals surface area contributed by atoms with E-state index in [-0.39, 0.29) is 16.2 Å². The predicted molar refractivity (Wildman–Crippen MR) is 48.7 cm³/mol. The molecular formula is C8H7ClO3S. The predicted octanol–water partition coefficient (Wildman–Crippen LogP) is 1.55. The molecule has 1 aliphatic heterocycles. The highest BCUT2D eigenvalue weighted by Crippen LogP contribution is 2.28. The lowest BCUT2D eigenvalue weighted by Crippen LogP contribution is -1.91. The number of halogens is 1. The van der Waals surface area contributed by atoms with E-state index in [4.69, 9.17) is 20.9 Å². The van der Waals surface area contributed by atoms with E-state index in [2.05, 4.69) is 0 Å². The Morgan fingerprint density at radius 1 is 1.54 bits per heavy atom. The van der Waals surface area contributed by atoms with Gasteiger partial charge in [-0.2, -0.15) is 0 Å². The van der Waals surface area contributed by atoms with E-state index in [1.165, 1.54) is 6.07 Å². The fourth-order valence-electron chi connectivity index (χ4n) is 0.983. The molecule has 0 atom stereocenters. The summed E-state index contributed by atoms with van der Waals surface area (Å²) >= 11 is 0. The minimum atomic E-state index is -3.98. The first-order valence-electron chi connectivity index (χ1n) is 5.34. The van der Waals surface area contributed by atoms with Crippen LogP contribution in [0.5, 0.6) is 5.75 Å². The third kappa shape index (κ3) is 1.64. The first-order chi connectivity index (χ1) is 7.56. The Hall–Kier alpha value is -0.740. The van der Waals surface area contributed by atoms with E-state index in [1.54, 1.807) is 0 Å². The monoisotopic (exact) mass is 222 g/mol. The second-order valence-corrected chi connectivity index (χ2v) is 4.99. The van der Waals surface area contributed by atoms with Gasteiger partial charge in [0.2, 0.25) is 0 Å². The van der Waals surface area contributed by atoms with Crippen molar-refractivity contribution in [2.75, 3.05) is 6.56 Å². The second-order valence-electron chi connectivity index (χ2n) is 2.42. The van der Waals surface area contributed by atoms with Crippen LogP contribution in [0.25, 0.3) is 0 Å². The molecule has 13 heavy (non-hydrogen) atoms. The van der Waals surface area contributed by atoms with Crippen LogP contribution in [0.1, 0.15) is 11.0 Å². The Bertz CT molecular complexity index is 584. The van der Waals surface area contributed by atoms with Crippen LogP contribution in [-0.4, -0.2) is 15.0 Å². The van der Waals surface area contributed by atoms with Crippen molar-refractivity contribution in [2.24, 2.45) is 0 Å². The van der Waals surface area contributed by atoms with E-state index in [0.29, 0.717) is 0 Å². The van der Waals surface area contributed by atoms with Gasteiger partial charge >= 0.3 is 0 Å². The molecule has 5 heteroatoms. The van der Waals surface area contributed by atoms with Gasteiger partial charge in [0.05, 0.1) is 14.2 Å². The molecule has 0 radical (unpaired) electrons. The molecule has 3 nitrogen and oxygen atoms in total. The normalized spacial score (nSPS) is 27.5. The summed E-state index contributed by atoms with van der Waals surface area (Å²) < 4.78 is 57.0. The van der Waals surface area contributed by atoms with Crippen molar-refractivity contribution in [3.8, 4) is 5.75 Å². The van der Waals surface area contributed by atoms with Crippen molar-refractivity contribution >= 4 is 19.7 Å². The number of hydrogen-bond donors (Lipinski definition) is 0. The summed E-state index contributed by atoms with van der Waals surface area (Å²) in [7, 11) is 1.16. The largest absolute Gasteiger partial charge is 0.493 e. The van der Waals surface area contributed by atoms with E-state index in [9.17, 15) is 8.42 Å². The number of benzene rings is 1. The standard InChI is InChI=1S/C8H7ClO3S/c9-13(10,11)7-1-2-8-6(5-7)3-4-12-8/h1-2,5H,3-4H2/i3D2,4D2. The fraction of sp³-hybridized carbons (Fsp3) is 0.250. The highest BCUT2D eigenvalue weighted by atomic mass is 35.7. The molecule has 2 rings (SSSR count). The van der Waals surface area contributed by atoms with Gasteiger partial charge in [-0.25, -0.2) is 8.42 Å². The third-order valence-corrected chi connectivity index (χ3v) is 2.93. The Kier molecular flexibility index (Phi) is 1.16. The van der Waals surface area contributed by atoms with Crippen LogP contribution < -0.4 is 4.74 Å². The van der Waals surface area contributed by atoms with Crippen LogP contribution in [0.15, 0.2) is 23.1 Å². The molecule has 1 aliphatic rings. The molecule has 0 aromatic heterocycles. The van der Waals surface area contributed by atoms with Gasteiger partial charge < -0.3 is 4.74 Å². The SMILES string of the molecule is [2H]C1([2H])Oc2ccc(S(=O)(=O)Cl)cc2C1([2H])[2H]. The van der Waals surface area contributed by atoms with E-state index < -0.39 is 22.0 Å². The average molecular weight is 223 g/mol. The third-order valence-electron chi connectivity index (χ3n) is 1.58. The van der Waals surface area contributed by atoms with Gasteiger partial charge in [0.15, 0.2) is 0 Å². The van der Waals surface area contributed by atoms with Gasteiger partial charge in [-0.05, 0) is 23.8 Å². The molecule has 0 bridgehead atoms. The first kappa shape index (κ1) is 5.22. The van der Waals surface area contributed by atoms with E-state index in [0.717, 1.165) is 12.1 Å². The lowest BCUT2D eigenvalue weighted by Gasteiger charge is -1.99. The summed E-state index contributed by atoms with van der Waals surface area (Å²) in [5, 5.41) is 0. The molecule has 0 saturated heterocycles. The molecule has 0 aliphatic carbocycles. The van der Waals surface area contributed by atoms with Crippen molar-refractivity contribution in [1.29, 1.82) is 0 Å². The van der Waals surface area contributed by atoms with Gasteiger partial charge in [-0.3, -0.25) is 0 Å². The van der Waals surface area contributed by atoms with Gasteiger partial charge in [-0.1, -0.05) is 0 Å². The Balaban J connectivity index is 2.65. The maximum Gasteiger partial charge on any atom is 0.261 e. The summed E-state index contributed by atoms with van der Waals surface area (Å²) in [5.41, 5.74) is -0.163. The van der Waals surface area contributed by atoms with Crippen LogP contribution in [0, 0.1) is 0 Å². The molecule has 0 amide bonds. The second kappa shape index (κ2) is 2.89. The van der Waals surface area contributed by atoms with Crippen molar-refractivity contribution < 1.29 is 18.6 Å². The molecule has 0 N–H and O–H groups in total. The van der Waals surface area contributed by atoms with Crippen LogP contribution in [-0.2, 0) is 15.4 Å². The zero-order chi connectivity index (χ0) is 13.1. The lowest BCUT2D eigenvalue weighted by molar-refractivity contribution is 0.356. The van der Waals surface area contributed by atoms with Crippen molar-refractivity contribution in [3.63, 3.8) is 0 Å². The molecule has 0 unspecified atom stereocenters. The van der Waals surface area contributed by atoms with Crippen LogP contribution >= 0.6 is 10.7 Å². The summed E-state index contributed by atoms with van der Waals surface area (Å²) in [5.74, 6) is -0.0240. The zero-order valence-corrected chi connectivity index (χ0v) is 7.82. The maximum atomic E-state index is 11.1. The van der Waals surface area contributed by atoms with Crippen molar-refractivity contribution in [3.05, 3.63) is 23.8 Å². The van der Waals surface area contributed by atoms with E-state index >= 15 is 0 Å². The van der Waals surface area contributed by atoms with Crippen LogP contribution in [0.3, 0.4) is 0 Å². The fourth-order valence-corrected chi connectivity index (χ4v) is 1.76. The molecule has 0 saturated carbocycles. The van der Waals surface area contributed by atoms with Crippen molar-refractivity contribution in [2.45, 2.75) is 11.3 Å². The molecular weight excluding hydrogens is 212 g/mol. The molecule has 70 valence electrons. The number of fused-ring (bicyclic) bond motifs is 1. The van der Waals surface area contributed by atoms with Gasteiger partial charge in [0.25, 0.3) is 9.05 Å². The Labute approximate surface area is 86.3 Å². The topological polar surface area (TPSA) is 43.4 Å². The smallest absolute Gasteiger partial charge is 0.261 e. The van der Waals surface area contributed by atoms with Crippen LogP contribution in [0.4, 0.5) is 0 Å². The molecule has 0 fully saturated rings. The minimum absolute atomic E-state index is 0.0240. The number of hydrogen-bond acceptors (Lipinski definition) is 3. The number of aryl methyl sites for hydroxylation is 1. The zero-order valence-electron chi connectivity index (χ0n) is 10.2. The van der Waals surface area contributed by atoms with Crippen LogP contribution in [0.2, 0.25) is 0 Å². The number of rotatable bonds is 1. The average Bonchev–Trinajstić information content (AvgIpc) is 2.32. The van der Waals surface area contributed by atoms with Gasteiger partial charge in [0, 0.05) is 19.8 Å². The summed E-state index contributed by atoms with van der Waals surface area (Å²) in [6.07, 6.45) is -2.43. The van der Waals surface area contributed by atoms with Gasteiger partial charge in [0.1, 0.15) is 5.75 Å². The molecule has 1 aromatic carbocycles. The number of ether oxygens (including phenoxy) is 1. The Morgan fingerprint density at radius 2 is 2.31 bits per heavy atom. The van der Waals surface area contributed by atoms with Gasteiger partial charge in [-0.15, -0.1) is 0 Å². The highest BCUT2D eigenvalue weighted by Gasteiger charge is 2.16. The quantitative estimate of drug-likeness (QED) is 0.678. The summed E-state index contributed by atoms with van der Waals surface area (Å²) in [6, 6.07) is 3.31. The summed E-state index contributed by atoms with van der Waals surface area (Å²) in [4.78, 5) is -0.289. The molecule has 1 aromatic rings. The van der Waals surface area contributed by atoms with Crippen molar-refractivity contribution in [1.82, 2.24) is 0 Å². The molecule has 0 spiro atoms. The lowest BCUT2D eigenvalue weighted by atomic mass is 10.2. The highest BCUT2D eigenvalue weighted by molar-refractivity contribution is 8.13.